The molecule has 0 aromatic carbocycles. The second kappa shape index (κ2) is 5.56. The normalized spacial score (nSPS) is 17.7. The number of aromatic nitrogens is 2. The maximum atomic E-state index is 12.1. The Kier molecular flexibility index (Phi) is 4.26. The lowest BCUT2D eigenvalue weighted by Gasteiger charge is -2.22. The maximum Gasteiger partial charge on any atom is 0.236 e. The zero-order valence-electron chi connectivity index (χ0n) is 9.27. The molecular formula is C9H11Cl2N3O3S. The highest BCUT2D eigenvalue weighted by atomic mass is 35.5. The van der Waals surface area contributed by atoms with Crippen LogP contribution in [0.25, 0.3) is 0 Å². The Morgan fingerprint density at radius 3 is 2.61 bits per heavy atom. The van der Waals surface area contributed by atoms with Crippen molar-refractivity contribution in [1.82, 2.24) is 9.97 Å². The van der Waals surface area contributed by atoms with Gasteiger partial charge in [-0.25, -0.2) is 18.4 Å². The van der Waals surface area contributed by atoms with Gasteiger partial charge in [0.2, 0.25) is 10.0 Å². The molecule has 9 heteroatoms. The van der Waals surface area contributed by atoms with E-state index >= 15 is 0 Å². The molecule has 0 amide bonds. The van der Waals surface area contributed by atoms with Gasteiger partial charge in [-0.3, -0.25) is 4.72 Å². The first-order chi connectivity index (χ1) is 8.50. The second-order valence-corrected chi connectivity index (χ2v) is 6.48. The third-order valence-corrected chi connectivity index (χ3v) is 5.16. The molecule has 2 rings (SSSR count). The third-order valence-electron chi connectivity index (χ3n) is 2.59. The molecule has 1 aromatic heterocycles. The molecule has 1 aromatic rings. The monoisotopic (exact) mass is 311 g/mol. The number of anilines is 1. The van der Waals surface area contributed by atoms with Crippen LogP contribution in [0.15, 0.2) is 6.33 Å². The van der Waals surface area contributed by atoms with Crippen molar-refractivity contribution in [2.24, 2.45) is 0 Å². The van der Waals surface area contributed by atoms with Crippen molar-refractivity contribution < 1.29 is 13.2 Å². The van der Waals surface area contributed by atoms with Crippen LogP contribution in [0, 0.1) is 0 Å². The molecule has 1 saturated heterocycles. The summed E-state index contributed by atoms with van der Waals surface area (Å²) >= 11 is 11.5. The van der Waals surface area contributed by atoms with Crippen LogP contribution in [0.2, 0.25) is 10.2 Å². The highest BCUT2D eigenvalue weighted by molar-refractivity contribution is 7.93. The molecule has 2 heterocycles. The third kappa shape index (κ3) is 3.03. The smallest absolute Gasteiger partial charge is 0.236 e. The lowest BCUT2D eigenvalue weighted by Crippen LogP contribution is -2.33. The Balaban J connectivity index is 2.19. The fourth-order valence-corrected chi connectivity index (χ4v) is 3.36. The zero-order valence-corrected chi connectivity index (χ0v) is 11.6. The lowest BCUT2D eigenvalue weighted by molar-refractivity contribution is 0.0984. The van der Waals surface area contributed by atoms with Gasteiger partial charge in [-0.1, -0.05) is 23.2 Å². The number of halogens is 2. The SMILES string of the molecule is O=S(=O)(Nc1ncnc(Cl)c1Cl)C1CCOCC1. The van der Waals surface area contributed by atoms with Gasteiger partial charge in [-0.2, -0.15) is 0 Å². The first-order valence-electron chi connectivity index (χ1n) is 5.26. The minimum atomic E-state index is -3.54. The number of sulfonamides is 1. The number of hydrogen-bond donors (Lipinski definition) is 1. The van der Waals surface area contributed by atoms with Gasteiger partial charge in [0, 0.05) is 13.2 Å². The molecule has 0 unspecified atom stereocenters. The second-order valence-electron chi connectivity index (χ2n) is 3.79. The zero-order chi connectivity index (χ0) is 13.2. The van der Waals surface area contributed by atoms with E-state index in [4.69, 9.17) is 27.9 Å². The molecule has 100 valence electrons. The fourth-order valence-electron chi connectivity index (χ4n) is 1.62. The van der Waals surface area contributed by atoms with Crippen LogP contribution in [0.3, 0.4) is 0 Å². The summed E-state index contributed by atoms with van der Waals surface area (Å²) in [5.74, 6) is 0.00292. The number of ether oxygens (including phenoxy) is 1. The van der Waals surface area contributed by atoms with Gasteiger partial charge >= 0.3 is 0 Å². The minimum absolute atomic E-state index is 0.00292. The van der Waals surface area contributed by atoms with Crippen molar-refractivity contribution in [3.63, 3.8) is 0 Å². The average molecular weight is 312 g/mol. The molecule has 0 saturated carbocycles. The summed E-state index contributed by atoms with van der Waals surface area (Å²) < 4.78 is 31.6. The van der Waals surface area contributed by atoms with Crippen molar-refractivity contribution >= 4 is 39.0 Å². The number of nitrogens with zero attached hydrogens (tertiary/aromatic N) is 2. The van der Waals surface area contributed by atoms with Crippen molar-refractivity contribution in [3.8, 4) is 0 Å². The van der Waals surface area contributed by atoms with E-state index in [1.165, 1.54) is 0 Å². The van der Waals surface area contributed by atoms with Crippen molar-refractivity contribution in [2.45, 2.75) is 18.1 Å². The van der Waals surface area contributed by atoms with Crippen molar-refractivity contribution in [2.75, 3.05) is 17.9 Å². The topological polar surface area (TPSA) is 81.2 Å². The summed E-state index contributed by atoms with van der Waals surface area (Å²) in [5, 5.41) is -0.498. The summed E-state index contributed by atoms with van der Waals surface area (Å²) in [6, 6.07) is 0. The lowest BCUT2D eigenvalue weighted by atomic mass is 10.2. The van der Waals surface area contributed by atoms with E-state index in [1.807, 2.05) is 0 Å². The first-order valence-corrected chi connectivity index (χ1v) is 7.56. The van der Waals surface area contributed by atoms with E-state index in [0.29, 0.717) is 26.1 Å². The van der Waals surface area contributed by atoms with Gasteiger partial charge < -0.3 is 4.74 Å². The Labute approximate surface area is 115 Å². The van der Waals surface area contributed by atoms with Crippen molar-refractivity contribution in [1.29, 1.82) is 0 Å². The predicted molar refractivity (Wildman–Crippen MR) is 68.4 cm³/mol. The van der Waals surface area contributed by atoms with Crippen LogP contribution in [0.5, 0.6) is 0 Å². The summed E-state index contributed by atoms with van der Waals surface area (Å²) in [4.78, 5) is 7.42. The van der Waals surface area contributed by atoms with Gasteiger partial charge in [0.1, 0.15) is 11.3 Å². The van der Waals surface area contributed by atoms with E-state index < -0.39 is 15.3 Å². The highest BCUT2D eigenvalue weighted by Gasteiger charge is 2.28. The largest absolute Gasteiger partial charge is 0.381 e. The van der Waals surface area contributed by atoms with Gasteiger partial charge in [-0.15, -0.1) is 0 Å². The van der Waals surface area contributed by atoms with E-state index in [1.54, 1.807) is 0 Å². The van der Waals surface area contributed by atoms with E-state index in [-0.39, 0.29) is 16.0 Å². The summed E-state index contributed by atoms with van der Waals surface area (Å²) in [6.45, 7) is 0.869. The fraction of sp³-hybridized carbons (Fsp3) is 0.556. The van der Waals surface area contributed by atoms with Crippen LogP contribution < -0.4 is 4.72 Å². The Morgan fingerprint density at radius 2 is 1.94 bits per heavy atom. The predicted octanol–water partition coefficient (Wildman–Crippen LogP) is 1.70. The van der Waals surface area contributed by atoms with Crippen LogP contribution in [0.4, 0.5) is 5.82 Å². The Morgan fingerprint density at radius 1 is 1.28 bits per heavy atom. The standard InChI is InChI=1S/C9H11Cl2N3O3S/c10-7-8(11)12-5-13-9(7)14-18(15,16)6-1-3-17-4-2-6/h5-6H,1-4H2,(H,12,13,14). The molecule has 6 nitrogen and oxygen atoms in total. The van der Waals surface area contributed by atoms with Gasteiger partial charge in [0.15, 0.2) is 11.0 Å². The molecule has 0 bridgehead atoms. The van der Waals surface area contributed by atoms with Gasteiger partial charge in [-0.05, 0) is 12.8 Å². The van der Waals surface area contributed by atoms with Crippen LogP contribution >= 0.6 is 23.2 Å². The first kappa shape index (κ1) is 13.8. The molecule has 1 aliphatic heterocycles. The Bertz CT molecular complexity index is 532. The molecule has 0 spiro atoms. The average Bonchev–Trinajstić information content (AvgIpc) is 2.36. The molecule has 1 fully saturated rings. The van der Waals surface area contributed by atoms with E-state index in [0.717, 1.165) is 6.33 Å². The highest BCUT2D eigenvalue weighted by Crippen LogP contribution is 2.27. The molecule has 18 heavy (non-hydrogen) atoms. The van der Waals surface area contributed by atoms with E-state index in [9.17, 15) is 8.42 Å². The maximum absolute atomic E-state index is 12.1. The van der Waals surface area contributed by atoms with E-state index in [2.05, 4.69) is 14.7 Å². The van der Waals surface area contributed by atoms with Crippen molar-refractivity contribution in [3.05, 3.63) is 16.5 Å². The number of hydrogen-bond acceptors (Lipinski definition) is 5. The van der Waals surface area contributed by atoms with Crippen LogP contribution in [-0.2, 0) is 14.8 Å². The van der Waals surface area contributed by atoms with Crippen LogP contribution in [-0.4, -0.2) is 36.8 Å². The molecule has 0 atom stereocenters. The molecule has 0 aliphatic carbocycles. The summed E-state index contributed by atoms with van der Waals surface area (Å²) in [6.07, 6.45) is 2.05. The Hall–Kier alpha value is -0.630. The minimum Gasteiger partial charge on any atom is -0.381 e. The molecule has 0 radical (unpaired) electrons. The van der Waals surface area contributed by atoms with Crippen LogP contribution in [0.1, 0.15) is 12.8 Å². The molecular weight excluding hydrogens is 301 g/mol. The quantitative estimate of drug-likeness (QED) is 0.859. The molecule has 1 N–H and O–H groups in total. The van der Waals surface area contributed by atoms with Gasteiger partial charge in [0.05, 0.1) is 5.25 Å². The summed E-state index contributed by atoms with van der Waals surface area (Å²) in [5.41, 5.74) is 0. The summed E-state index contributed by atoms with van der Waals surface area (Å²) in [7, 11) is -3.54. The van der Waals surface area contributed by atoms with Gasteiger partial charge in [0.25, 0.3) is 0 Å². The number of rotatable bonds is 3. The number of nitrogens with one attached hydrogen (secondary N) is 1. The molecule has 1 aliphatic rings.